The molecule has 0 aliphatic carbocycles. The number of ether oxygens (including phenoxy) is 1. The maximum atomic E-state index is 13.0. The average Bonchev–Trinajstić information content (AvgIpc) is 2.09. The highest BCUT2D eigenvalue weighted by atomic mass is 19.3. The first kappa shape index (κ1) is 11.4. The molecular formula is C9H8F3NO2. The van der Waals surface area contributed by atoms with E-state index in [0.717, 1.165) is 13.0 Å². The standard InChI is InChI=1S/C9H8F3NO2/c1-4(14)6-2-5(15-9(11)12)3-7(10)8(6)13/h2-3,9H,13H2,1H3. The van der Waals surface area contributed by atoms with Crippen LogP contribution in [0.1, 0.15) is 17.3 Å². The van der Waals surface area contributed by atoms with E-state index in [0.29, 0.717) is 6.07 Å². The van der Waals surface area contributed by atoms with Gasteiger partial charge in [-0.25, -0.2) is 4.39 Å². The van der Waals surface area contributed by atoms with Crippen molar-refractivity contribution < 1.29 is 22.7 Å². The number of hydrogen-bond acceptors (Lipinski definition) is 3. The first-order chi connectivity index (χ1) is 6.91. The van der Waals surface area contributed by atoms with E-state index >= 15 is 0 Å². The molecule has 1 aromatic carbocycles. The summed E-state index contributed by atoms with van der Waals surface area (Å²) in [6.07, 6.45) is 0. The van der Waals surface area contributed by atoms with E-state index in [1.54, 1.807) is 0 Å². The zero-order chi connectivity index (χ0) is 11.6. The zero-order valence-corrected chi connectivity index (χ0v) is 7.76. The Hall–Kier alpha value is -1.72. The lowest BCUT2D eigenvalue weighted by Crippen LogP contribution is -2.07. The van der Waals surface area contributed by atoms with Crippen LogP contribution in [0.25, 0.3) is 0 Å². The van der Waals surface area contributed by atoms with Crippen molar-refractivity contribution in [3.63, 3.8) is 0 Å². The molecule has 6 heteroatoms. The normalized spacial score (nSPS) is 10.5. The summed E-state index contributed by atoms with van der Waals surface area (Å²) in [5.41, 5.74) is 4.70. The van der Waals surface area contributed by atoms with Gasteiger partial charge in [-0.1, -0.05) is 0 Å². The summed E-state index contributed by atoms with van der Waals surface area (Å²) in [6.45, 7) is -1.93. The predicted octanol–water partition coefficient (Wildman–Crippen LogP) is 2.21. The summed E-state index contributed by atoms with van der Waals surface area (Å²) in [5.74, 6) is -1.91. The van der Waals surface area contributed by atoms with Crippen LogP contribution in [0.2, 0.25) is 0 Å². The molecule has 1 aromatic rings. The second-order valence-corrected chi connectivity index (χ2v) is 2.80. The van der Waals surface area contributed by atoms with Crippen molar-refractivity contribution in [2.75, 3.05) is 5.73 Å². The SMILES string of the molecule is CC(=O)c1cc(OC(F)F)cc(F)c1N. The number of halogens is 3. The molecule has 1 rings (SSSR count). The van der Waals surface area contributed by atoms with Crippen LogP contribution in [0, 0.1) is 5.82 Å². The topological polar surface area (TPSA) is 52.3 Å². The van der Waals surface area contributed by atoms with Crippen LogP contribution >= 0.6 is 0 Å². The van der Waals surface area contributed by atoms with Crippen molar-refractivity contribution in [3.8, 4) is 5.75 Å². The molecule has 0 radical (unpaired) electrons. The Bertz CT molecular complexity index is 393. The van der Waals surface area contributed by atoms with E-state index in [9.17, 15) is 18.0 Å². The van der Waals surface area contributed by atoms with Crippen LogP contribution in [0.5, 0.6) is 5.75 Å². The molecule has 0 saturated carbocycles. The fourth-order valence-electron chi connectivity index (χ4n) is 1.06. The minimum Gasteiger partial charge on any atom is -0.435 e. The molecule has 0 aromatic heterocycles. The maximum Gasteiger partial charge on any atom is 0.387 e. The molecule has 0 atom stereocenters. The summed E-state index contributed by atoms with van der Waals surface area (Å²) in [4.78, 5) is 11.0. The molecule has 0 aliphatic heterocycles. The van der Waals surface area contributed by atoms with E-state index in [4.69, 9.17) is 5.73 Å². The van der Waals surface area contributed by atoms with Gasteiger partial charge in [-0.05, 0) is 13.0 Å². The van der Waals surface area contributed by atoms with Gasteiger partial charge in [-0.2, -0.15) is 8.78 Å². The number of Topliss-reactive ketones (excluding diaryl/α,β-unsaturated/α-hetero) is 1. The zero-order valence-electron chi connectivity index (χ0n) is 7.76. The molecule has 3 nitrogen and oxygen atoms in total. The van der Waals surface area contributed by atoms with E-state index in [-0.39, 0.29) is 11.3 Å². The Morgan fingerprint density at radius 1 is 1.47 bits per heavy atom. The lowest BCUT2D eigenvalue weighted by molar-refractivity contribution is -0.0500. The molecule has 0 saturated heterocycles. The number of ketones is 1. The first-order valence-corrected chi connectivity index (χ1v) is 3.96. The van der Waals surface area contributed by atoms with Crippen LogP contribution in [-0.4, -0.2) is 12.4 Å². The highest BCUT2D eigenvalue weighted by Crippen LogP contribution is 2.25. The smallest absolute Gasteiger partial charge is 0.387 e. The first-order valence-electron chi connectivity index (χ1n) is 3.96. The van der Waals surface area contributed by atoms with Gasteiger partial charge >= 0.3 is 6.61 Å². The third kappa shape index (κ3) is 2.61. The molecule has 0 bridgehead atoms. The molecule has 0 unspecified atom stereocenters. The van der Waals surface area contributed by atoms with Crippen LogP contribution in [0.3, 0.4) is 0 Å². The molecule has 0 amide bonds. The van der Waals surface area contributed by atoms with Gasteiger partial charge in [0.1, 0.15) is 5.75 Å². The Labute approximate surface area is 83.6 Å². The minimum atomic E-state index is -3.08. The predicted molar refractivity (Wildman–Crippen MR) is 47.4 cm³/mol. The van der Waals surface area contributed by atoms with E-state index < -0.39 is 24.0 Å². The summed E-state index contributed by atoms with van der Waals surface area (Å²) < 4.78 is 40.7. The third-order valence-corrected chi connectivity index (χ3v) is 1.71. The minimum absolute atomic E-state index is 0.175. The van der Waals surface area contributed by atoms with Crippen LogP contribution in [0.4, 0.5) is 18.9 Å². The summed E-state index contributed by atoms with van der Waals surface area (Å²) in [5, 5.41) is 0. The second kappa shape index (κ2) is 4.20. The molecule has 82 valence electrons. The quantitative estimate of drug-likeness (QED) is 0.626. The fourth-order valence-corrected chi connectivity index (χ4v) is 1.06. The van der Waals surface area contributed by atoms with Gasteiger partial charge in [0, 0.05) is 11.6 Å². The van der Waals surface area contributed by atoms with E-state index in [2.05, 4.69) is 4.74 Å². The van der Waals surface area contributed by atoms with Crippen molar-refractivity contribution in [3.05, 3.63) is 23.5 Å². The molecule has 2 N–H and O–H groups in total. The molecule has 0 heterocycles. The number of benzene rings is 1. The van der Waals surface area contributed by atoms with Gasteiger partial charge in [0.15, 0.2) is 11.6 Å². The van der Waals surface area contributed by atoms with Gasteiger partial charge in [-0.15, -0.1) is 0 Å². The van der Waals surface area contributed by atoms with Gasteiger partial charge in [-0.3, -0.25) is 4.79 Å². The largest absolute Gasteiger partial charge is 0.435 e. The van der Waals surface area contributed by atoms with Crippen LogP contribution in [0.15, 0.2) is 12.1 Å². The number of alkyl halides is 2. The summed E-state index contributed by atoms with van der Waals surface area (Å²) in [7, 11) is 0. The Balaban J connectivity index is 3.17. The monoisotopic (exact) mass is 219 g/mol. The fraction of sp³-hybridized carbons (Fsp3) is 0.222. The Morgan fingerprint density at radius 3 is 2.53 bits per heavy atom. The third-order valence-electron chi connectivity index (χ3n) is 1.71. The van der Waals surface area contributed by atoms with Crippen molar-refractivity contribution in [1.29, 1.82) is 0 Å². The highest BCUT2D eigenvalue weighted by molar-refractivity contribution is 5.99. The van der Waals surface area contributed by atoms with Gasteiger partial charge < -0.3 is 10.5 Å². The molecule has 0 aliphatic rings. The number of carbonyl (C=O) groups is 1. The van der Waals surface area contributed by atoms with Crippen molar-refractivity contribution >= 4 is 11.5 Å². The highest BCUT2D eigenvalue weighted by Gasteiger charge is 2.14. The molecular weight excluding hydrogens is 211 g/mol. The molecule has 0 fully saturated rings. The van der Waals surface area contributed by atoms with Crippen molar-refractivity contribution in [1.82, 2.24) is 0 Å². The van der Waals surface area contributed by atoms with Crippen molar-refractivity contribution in [2.45, 2.75) is 13.5 Å². The number of nitrogen functional groups attached to an aromatic ring is 1. The Morgan fingerprint density at radius 2 is 2.07 bits per heavy atom. The number of rotatable bonds is 3. The average molecular weight is 219 g/mol. The molecule has 15 heavy (non-hydrogen) atoms. The van der Waals surface area contributed by atoms with Gasteiger partial charge in [0.2, 0.25) is 0 Å². The number of carbonyl (C=O) groups excluding carboxylic acids is 1. The lowest BCUT2D eigenvalue weighted by Gasteiger charge is -2.08. The Kier molecular flexibility index (Phi) is 3.18. The van der Waals surface area contributed by atoms with E-state index in [1.165, 1.54) is 0 Å². The van der Waals surface area contributed by atoms with Crippen LogP contribution in [-0.2, 0) is 0 Å². The van der Waals surface area contributed by atoms with Crippen LogP contribution < -0.4 is 10.5 Å². The van der Waals surface area contributed by atoms with E-state index in [1.807, 2.05) is 0 Å². The van der Waals surface area contributed by atoms with Gasteiger partial charge in [0.05, 0.1) is 5.69 Å². The maximum absolute atomic E-state index is 13.0. The lowest BCUT2D eigenvalue weighted by atomic mass is 10.1. The van der Waals surface area contributed by atoms with Crippen molar-refractivity contribution in [2.24, 2.45) is 0 Å². The number of nitrogens with two attached hydrogens (primary N) is 1. The summed E-state index contributed by atoms with van der Waals surface area (Å²) in [6, 6.07) is 1.68. The summed E-state index contributed by atoms with van der Waals surface area (Å²) >= 11 is 0. The molecule has 0 spiro atoms. The number of anilines is 1. The number of hydrogen-bond donors (Lipinski definition) is 1. The van der Waals surface area contributed by atoms with Gasteiger partial charge in [0.25, 0.3) is 0 Å². The second-order valence-electron chi connectivity index (χ2n) is 2.80.